The van der Waals surface area contributed by atoms with E-state index in [9.17, 15) is 4.79 Å². The van der Waals surface area contributed by atoms with Gasteiger partial charge < -0.3 is 10.8 Å². The molecule has 0 amide bonds. The normalized spacial score (nSPS) is 13.8. The Kier molecular flexibility index (Phi) is 3.98. The van der Waals surface area contributed by atoms with Crippen LogP contribution < -0.4 is 5.73 Å². The monoisotopic (exact) mass is 243 g/mol. The molecule has 0 fully saturated rings. The molecule has 0 saturated carbocycles. The molecule has 0 aliphatic heterocycles. The van der Waals surface area contributed by atoms with Crippen molar-refractivity contribution in [1.82, 2.24) is 9.78 Å². The molecule has 0 aliphatic carbocycles. The van der Waals surface area contributed by atoms with Crippen LogP contribution >= 0.6 is 11.8 Å². The molecule has 1 heterocycles. The van der Waals surface area contributed by atoms with Gasteiger partial charge in [0.05, 0.1) is 6.20 Å². The van der Waals surface area contributed by atoms with E-state index in [-0.39, 0.29) is 0 Å². The molecule has 0 spiro atoms. The first kappa shape index (κ1) is 13.1. The van der Waals surface area contributed by atoms with Crippen molar-refractivity contribution >= 4 is 17.7 Å². The van der Waals surface area contributed by atoms with Crippen molar-refractivity contribution < 1.29 is 9.90 Å². The number of aliphatic carboxylic acids is 1. The van der Waals surface area contributed by atoms with Gasteiger partial charge in [-0.3, -0.25) is 9.48 Å². The second-order valence-electron chi connectivity index (χ2n) is 4.23. The lowest BCUT2D eigenvalue weighted by Gasteiger charge is -2.27. The summed E-state index contributed by atoms with van der Waals surface area (Å²) in [5.74, 6) is -0.259. The molecule has 1 aromatic heterocycles. The fraction of sp³-hybridized carbons (Fsp3) is 0.600. The quantitative estimate of drug-likeness (QED) is 0.801. The fourth-order valence-corrected chi connectivity index (χ4v) is 2.17. The van der Waals surface area contributed by atoms with Crippen molar-refractivity contribution in [1.29, 1.82) is 0 Å². The molecular weight excluding hydrogens is 226 g/mol. The second-order valence-corrected chi connectivity index (χ2v) is 5.86. The minimum Gasteiger partial charge on any atom is -0.480 e. The Morgan fingerprint density at radius 3 is 2.81 bits per heavy atom. The average molecular weight is 243 g/mol. The van der Waals surface area contributed by atoms with Gasteiger partial charge >= 0.3 is 5.97 Å². The number of nitrogens with two attached hydrogens (primary N) is 1. The zero-order chi connectivity index (χ0) is 12.3. The van der Waals surface area contributed by atoms with Crippen LogP contribution in [-0.4, -0.2) is 31.6 Å². The molecule has 0 bridgehead atoms. The minimum atomic E-state index is -0.969. The second kappa shape index (κ2) is 4.88. The van der Waals surface area contributed by atoms with Crippen LogP contribution in [0.1, 0.15) is 19.4 Å². The molecule has 1 atom stereocenters. The Balaban J connectivity index is 2.57. The molecule has 1 rings (SSSR count). The van der Waals surface area contributed by atoms with E-state index in [2.05, 4.69) is 5.10 Å². The number of carboxylic acid groups (broad SMARTS) is 1. The summed E-state index contributed by atoms with van der Waals surface area (Å²) >= 11 is 1.52. The first-order valence-electron chi connectivity index (χ1n) is 4.93. The Morgan fingerprint density at radius 1 is 1.75 bits per heavy atom. The van der Waals surface area contributed by atoms with Gasteiger partial charge in [-0.25, -0.2) is 0 Å². The third-order valence-electron chi connectivity index (χ3n) is 2.38. The smallest absolute Gasteiger partial charge is 0.321 e. The molecule has 0 saturated heterocycles. The van der Waals surface area contributed by atoms with Crippen molar-refractivity contribution in [3.63, 3.8) is 0 Å². The number of carbonyl (C=O) groups is 1. The Morgan fingerprint density at radius 2 is 2.38 bits per heavy atom. The van der Waals surface area contributed by atoms with Crippen molar-refractivity contribution in [2.75, 3.05) is 0 Å². The zero-order valence-corrected chi connectivity index (χ0v) is 10.5. The number of hydrogen-bond acceptors (Lipinski definition) is 4. The van der Waals surface area contributed by atoms with E-state index in [1.807, 2.05) is 27.1 Å². The first-order chi connectivity index (χ1) is 7.33. The Hall–Kier alpha value is -1.01. The van der Waals surface area contributed by atoms with E-state index in [1.54, 1.807) is 10.9 Å². The number of hydrogen-bond donors (Lipinski definition) is 2. The highest BCUT2D eigenvalue weighted by atomic mass is 32.2. The van der Waals surface area contributed by atoms with Gasteiger partial charge in [0, 0.05) is 23.7 Å². The summed E-state index contributed by atoms with van der Waals surface area (Å²) in [5.41, 5.74) is 6.69. The molecule has 3 N–H and O–H groups in total. The number of rotatable bonds is 5. The van der Waals surface area contributed by atoms with Crippen LogP contribution in [0.2, 0.25) is 0 Å². The summed E-state index contributed by atoms with van der Waals surface area (Å²) in [5, 5.41) is 12.9. The molecule has 0 aromatic carbocycles. The molecule has 90 valence electrons. The van der Waals surface area contributed by atoms with Gasteiger partial charge in [-0.05, 0) is 19.4 Å². The van der Waals surface area contributed by atoms with Gasteiger partial charge in [0.2, 0.25) is 0 Å². The fourth-order valence-electron chi connectivity index (χ4n) is 1.20. The minimum absolute atomic E-state index is 0.498. The molecule has 0 radical (unpaired) electrons. The molecule has 16 heavy (non-hydrogen) atoms. The Labute approximate surface area is 99.0 Å². The maximum absolute atomic E-state index is 10.8. The molecule has 1 aromatic rings. The predicted octanol–water partition coefficient (Wildman–Crippen LogP) is 0.844. The molecule has 6 heteroatoms. The maximum Gasteiger partial charge on any atom is 0.321 e. The number of aryl methyl sites for hydroxylation is 1. The van der Waals surface area contributed by atoms with Gasteiger partial charge in [0.1, 0.15) is 6.04 Å². The number of carboxylic acids is 1. The zero-order valence-electron chi connectivity index (χ0n) is 9.67. The number of thioether (sulfide) groups is 1. The summed E-state index contributed by atoms with van der Waals surface area (Å²) in [6.45, 7) is 3.68. The van der Waals surface area contributed by atoms with Crippen molar-refractivity contribution in [3.05, 3.63) is 18.0 Å². The van der Waals surface area contributed by atoms with Crippen LogP contribution in [0, 0.1) is 0 Å². The van der Waals surface area contributed by atoms with E-state index in [0.29, 0.717) is 5.75 Å². The van der Waals surface area contributed by atoms with Gasteiger partial charge in [-0.1, -0.05) is 0 Å². The van der Waals surface area contributed by atoms with Crippen LogP contribution in [0.25, 0.3) is 0 Å². The van der Waals surface area contributed by atoms with Gasteiger partial charge in [-0.15, -0.1) is 11.8 Å². The lowest BCUT2D eigenvalue weighted by atomic mass is 10.1. The highest BCUT2D eigenvalue weighted by molar-refractivity contribution is 7.99. The van der Waals surface area contributed by atoms with Crippen LogP contribution in [0.3, 0.4) is 0 Å². The third kappa shape index (κ3) is 3.24. The van der Waals surface area contributed by atoms with Crippen LogP contribution in [0.4, 0.5) is 0 Å². The average Bonchev–Trinajstić information content (AvgIpc) is 2.60. The molecule has 0 aliphatic rings. The maximum atomic E-state index is 10.8. The lowest BCUT2D eigenvalue weighted by Crippen LogP contribution is -2.46. The van der Waals surface area contributed by atoms with Crippen LogP contribution in [0.15, 0.2) is 12.4 Å². The third-order valence-corrected chi connectivity index (χ3v) is 3.86. The molecule has 0 unspecified atom stereocenters. The van der Waals surface area contributed by atoms with Gasteiger partial charge in [-0.2, -0.15) is 5.10 Å². The molecular formula is C10H17N3O2S. The van der Waals surface area contributed by atoms with E-state index in [0.717, 1.165) is 5.56 Å². The largest absolute Gasteiger partial charge is 0.480 e. The first-order valence-corrected chi connectivity index (χ1v) is 5.91. The summed E-state index contributed by atoms with van der Waals surface area (Å²) in [6.07, 6.45) is 3.69. The summed E-state index contributed by atoms with van der Waals surface area (Å²) in [7, 11) is 1.85. The highest BCUT2D eigenvalue weighted by Gasteiger charge is 2.32. The highest BCUT2D eigenvalue weighted by Crippen LogP contribution is 2.30. The van der Waals surface area contributed by atoms with E-state index < -0.39 is 16.8 Å². The number of aromatic nitrogens is 2. The molecule has 5 nitrogen and oxygen atoms in total. The Bertz CT molecular complexity index is 376. The lowest BCUT2D eigenvalue weighted by molar-refractivity contribution is -0.139. The van der Waals surface area contributed by atoms with Crippen molar-refractivity contribution in [2.24, 2.45) is 12.8 Å². The van der Waals surface area contributed by atoms with Crippen LogP contribution in [-0.2, 0) is 17.6 Å². The summed E-state index contributed by atoms with van der Waals surface area (Å²) in [6, 6.07) is -0.867. The van der Waals surface area contributed by atoms with Gasteiger partial charge in [0.25, 0.3) is 0 Å². The van der Waals surface area contributed by atoms with Gasteiger partial charge in [0.15, 0.2) is 0 Å². The summed E-state index contributed by atoms with van der Waals surface area (Å²) < 4.78 is 1.22. The van der Waals surface area contributed by atoms with Crippen molar-refractivity contribution in [3.8, 4) is 0 Å². The SMILES string of the molecule is Cn1cc(CSC(C)(C)[C@H](N)C(=O)O)cn1. The van der Waals surface area contributed by atoms with Crippen LogP contribution in [0.5, 0.6) is 0 Å². The standard InChI is InChI=1S/C10H17N3O2S/c1-10(2,8(11)9(14)15)16-6-7-4-12-13(3)5-7/h4-5,8H,6,11H2,1-3H3,(H,14,15)/t8-/m1/s1. The topological polar surface area (TPSA) is 81.1 Å². The summed E-state index contributed by atoms with van der Waals surface area (Å²) in [4.78, 5) is 10.8. The van der Waals surface area contributed by atoms with E-state index in [4.69, 9.17) is 10.8 Å². The predicted molar refractivity (Wildman–Crippen MR) is 64.2 cm³/mol. The van der Waals surface area contributed by atoms with Crippen molar-refractivity contribution in [2.45, 2.75) is 30.4 Å². The number of nitrogens with zero attached hydrogens (tertiary/aromatic N) is 2. The van der Waals surface area contributed by atoms with E-state index >= 15 is 0 Å². The van der Waals surface area contributed by atoms with E-state index in [1.165, 1.54) is 11.8 Å².